The zero-order chi connectivity index (χ0) is 12.4. The van der Waals surface area contributed by atoms with Gasteiger partial charge in [-0.15, -0.1) is 11.3 Å². The fourth-order valence-electron chi connectivity index (χ4n) is 1.55. The number of carbonyl (C=O) groups is 1. The van der Waals surface area contributed by atoms with Gasteiger partial charge in [0.1, 0.15) is 5.82 Å². The summed E-state index contributed by atoms with van der Waals surface area (Å²) >= 11 is 4.72. The summed E-state index contributed by atoms with van der Waals surface area (Å²) < 4.78 is 14.0. The lowest BCUT2D eigenvalue weighted by Crippen LogP contribution is -2.03. The fraction of sp³-hybridized carbons (Fsp3) is 0.154. The van der Waals surface area contributed by atoms with Crippen molar-refractivity contribution < 1.29 is 9.18 Å². The summed E-state index contributed by atoms with van der Waals surface area (Å²) in [6.07, 6.45) is 0.247. The Hall–Kier alpha value is -1.000. The van der Waals surface area contributed by atoms with Gasteiger partial charge in [-0.3, -0.25) is 4.79 Å². The van der Waals surface area contributed by atoms with Gasteiger partial charge in [0.15, 0.2) is 5.78 Å². The fourth-order valence-corrected chi connectivity index (χ4v) is 2.88. The second-order valence-corrected chi connectivity index (χ2v) is 6.24. The molecule has 0 spiro atoms. The average Bonchev–Trinajstić information content (AvgIpc) is 2.70. The maximum Gasteiger partial charge on any atom is 0.177 e. The Kier molecular flexibility index (Phi) is 3.74. The predicted octanol–water partition coefficient (Wildman–Crippen LogP) is 4.38. The highest BCUT2D eigenvalue weighted by Gasteiger charge is 2.11. The molecule has 1 aromatic carbocycles. The number of aryl methyl sites for hydroxylation is 1. The summed E-state index contributed by atoms with van der Waals surface area (Å²) in [7, 11) is 0. The van der Waals surface area contributed by atoms with E-state index in [1.807, 2.05) is 13.0 Å². The third kappa shape index (κ3) is 3.01. The van der Waals surface area contributed by atoms with E-state index in [1.54, 1.807) is 12.1 Å². The van der Waals surface area contributed by atoms with Crippen LogP contribution < -0.4 is 0 Å². The van der Waals surface area contributed by atoms with Crippen molar-refractivity contribution in [3.05, 3.63) is 55.9 Å². The van der Waals surface area contributed by atoms with Crippen LogP contribution in [-0.4, -0.2) is 5.78 Å². The molecular formula is C13H10BrFOS. The quantitative estimate of drug-likeness (QED) is 0.768. The van der Waals surface area contributed by atoms with Gasteiger partial charge < -0.3 is 0 Å². The third-order valence-corrected chi connectivity index (χ3v) is 4.17. The molecule has 88 valence electrons. The van der Waals surface area contributed by atoms with Crippen molar-refractivity contribution in [2.24, 2.45) is 0 Å². The second-order valence-electron chi connectivity index (χ2n) is 3.77. The molecule has 0 fully saturated rings. The van der Waals surface area contributed by atoms with Crippen molar-refractivity contribution in [1.29, 1.82) is 0 Å². The maximum absolute atomic E-state index is 13.1. The van der Waals surface area contributed by atoms with E-state index < -0.39 is 0 Å². The van der Waals surface area contributed by atoms with Gasteiger partial charge in [0.2, 0.25) is 0 Å². The number of hydrogen-bond acceptors (Lipinski definition) is 2. The SMILES string of the molecule is Cc1ccc(F)cc1CC(=O)c1ccc(Br)s1. The van der Waals surface area contributed by atoms with Crippen molar-refractivity contribution >= 4 is 33.0 Å². The minimum Gasteiger partial charge on any atom is -0.293 e. The summed E-state index contributed by atoms with van der Waals surface area (Å²) in [4.78, 5) is 12.7. The van der Waals surface area contributed by atoms with E-state index in [-0.39, 0.29) is 18.0 Å². The molecule has 0 atom stereocenters. The lowest BCUT2D eigenvalue weighted by molar-refractivity contribution is 0.0996. The molecule has 0 amide bonds. The van der Waals surface area contributed by atoms with E-state index in [1.165, 1.54) is 23.5 Å². The van der Waals surface area contributed by atoms with Gasteiger partial charge in [0, 0.05) is 6.42 Å². The summed E-state index contributed by atoms with van der Waals surface area (Å²) in [5, 5.41) is 0. The number of rotatable bonds is 3. The molecule has 0 saturated carbocycles. The van der Waals surface area contributed by atoms with Crippen molar-refractivity contribution in [1.82, 2.24) is 0 Å². The van der Waals surface area contributed by atoms with Gasteiger partial charge in [-0.05, 0) is 58.2 Å². The van der Waals surface area contributed by atoms with Crippen LogP contribution in [0.15, 0.2) is 34.1 Å². The molecule has 2 rings (SSSR count). The lowest BCUT2D eigenvalue weighted by Gasteiger charge is -2.04. The Morgan fingerprint density at radius 1 is 1.35 bits per heavy atom. The number of halogens is 2. The summed E-state index contributed by atoms with van der Waals surface area (Å²) in [6, 6.07) is 8.16. The molecule has 0 N–H and O–H groups in total. The minimum absolute atomic E-state index is 0.0226. The van der Waals surface area contributed by atoms with Crippen molar-refractivity contribution in [3.8, 4) is 0 Å². The van der Waals surface area contributed by atoms with Gasteiger partial charge in [0.05, 0.1) is 8.66 Å². The zero-order valence-electron chi connectivity index (χ0n) is 9.17. The summed E-state index contributed by atoms with van der Waals surface area (Å²) in [6.45, 7) is 1.88. The van der Waals surface area contributed by atoms with Crippen LogP contribution in [0.1, 0.15) is 20.8 Å². The van der Waals surface area contributed by atoms with Crippen LogP contribution in [0.4, 0.5) is 4.39 Å². The lowest BCUT2D eigenvalue weighted by atomic mass is 10.0. The van der Waals surface area contributed by atoms with E-state index in [0.29, 0.717) is 4.88 Å². The first-order chi connectivity index (χ1) is 8.06. The molecular weight excluding hydrogens is 303 g/mol. The molecule has 2 aromatic rings. The molecule has 0 saturated heterocycles. The molecule has 1 heterocycles. The van der Waals surface area contributed by atoms with Crippen LogP contribution in [0.5, 0.6) is 0 Å². The number of Topliss-reactive ketones (excluding diaryl/α,β-unsaturated/α-hetero) is 1. The molecule has 0 aliphatic rings. The molecule has 0 aliphatic carbocycles. The normalized spacial score (nSPS) is 10.5. The molecule has 0 bridgehead atoms. The van der Waals surface area contributed by atoms with Crippen molar-refractivity contribution in [2.45, 2.75) is 13.3 Å². The predicted molar refractivity (Wildman–Crippen MR) is 71.2 cm³/mol. The Balaban J connectivity index is 2.21. The Bertz CT molecular complexity index is 562. The molecule has 0 aliphatic heterocycles. The first-order valence-corrected chi connectivity index (χ1v) is 6.71. The van der Waals surface area contributed by atoms with Crippen LogP contribution >= 0.6 is 27.3 Å². The summed E-state index contributed by atoms with van der Waals surface area (Å²) in [5.74, 6) is -0.278. The highest BCUT2D eigenvalue weighted by molar-refractivity contribution is 9.11. The monoisotopic (exact) mass is 312 g/mol. The molecule has 17 heavy (non-hydrogen) atoms. The largest absolute Gasteiger partial charge is 0.293 e. The molecule has 0 radical (unpaired) electrons. The Morgan fingerprint density at radius 2 is 2.12 bits per heavy atom. The highest BCUT2D eigenvalue weighted by atomic mass is 79.9. The van der Waals surface area contributed by atoms with E-state index >= 15 is 0 Å². The number of thiophene rings is 1. The van der Waals surface area contributed by atoms with E-state index in [0.717, 1.165) is 14.9 Å². The highest BCUT2D eigenvalue weighted by Crippen LogP contribution is 2.24. The van der Waals surface area contributed by atoms with Gasteiger partial charge >= 0.3 is 0 Å². The van der Waals surface area contributed by atoms with Gasteiger partial charge in [-0.25, -0.2) is 4.39 Å². The first-order valence-electron chi connectivity index (χ1n) is 5.10. The van der Waals surface area contributed by atoms with Crippen LogP contribution in [-0.2, 0) is 6.42 Å². The van der Waals surface area contributed by atoms with Gasteiger partial charge in [-0.1, -0.05) is 6.07 Å². The van der Waals surface area contributed by atoms with E-state index in [9.17, 15) is 9.18 Å². The van der Waals surface area contributed by atoms with Crippen LogP contribution in [0.25, 0.3) is 0 Å². The average molecular weight is 313 g/mol. The second kappa shape index (κ2) is 5.10. The van der Waals surface area contributed by atoms with Gasteiger partial charge in [-0.2, -0.15) is 0 Å². The first kappa shape index (κ1) is 12.5. The van der Waals surface area contributed by atoms with E-state index in [2.05, 4.69) is 15.9 Å². The Labute approximate surface area is 111 Å². The van der Waals surface area contributed by atoms with Crippen LogP contribution in [0.2, 0.25) is 0 Å². The molecule has 1 nitrogen and oxygen atoms in total. The van der Waals surface area contributed by atoms with E-state index in [4.69, 9.17) is 0 Å². The van der Waals surface area contributed by atoms with Crippen LogP contribution in [0, 0.1) is 12.7 Å². The smallest absolute Gasteiger partial charge is 0.177 e. The maximum atomic E-state index is 13.1. The number of benzene rings is 1. The minimum atomic E-state index is -0.300. The molecule has 1 aromatic heterocycles. The number of ketones is 1. The molecule has 4 heteroatoms. The van der Waals surface area contributed by atoms with Crippen molar-refractivity contribution in [2.75, 3.05) is 0 Å². The van der Waals surface area contributed by atoms with Crippen molar-refractivity contribution in [3.63, 3.8) is 0 Å². The summed E-state index contributed by atoms with van der Waals surface area (Å²) in [5.41, 5.74) is 1.69. The number of hydrogen-bond donors (Lipinski definition) is 0. The third-order valence-electron chi connectivity index (χ3n) is 2.51. The number of carbonyl (C=O) groups excluding carboxylic acids is 1. The zero-order valence-corrected chi connectivity index (χ0v) is 11.6. The van der Waals surface area contributed by atoms with Crippen LogP contribution in [0.3, 0.4) is 0 Å². The molecule has 0 unspecified atom stereocenters. The Morgan fingerprint density at radius 3 is 2.76 bits per heavy atom. The topological polar surface area (TPSA) is 17.1 Å². The standard InChI is InChI=1S/C13H10BrFOS/c1-8-2-3-10(15)6-9(8)7-11(16)12-4-5-13(14)17-12/h2-6H,7H2,1H3. The van der Waals surface area contributed by atoms with Gasteiger partial charge in [0.25, 0.3) is 0 Å².